The fraction of sp³-hybridized carbons (Fsp3) is 0.394. The number of benzene rings is 3. The van der Waals surface area contributed by atoms with Gasteiger partial charge in [0.2, 0.25) is 0 Å². The normalized spacial score (nSPS) is 26.0. The quantitative estimate of drug-likeness (QED) is 0.307. The van der Waals surface area contributed by atoms with Crippen LogP contribution in [0.1, 0.15) is 37.7 Å². The Kier molecular flexibility index (Phi) is 5.76. The topological polar surface area (TPSA) is 71.0 Å². The van der Waals surface area contributed by atoms with E-state index in [0.29, 0.717) is 40.7 Å². The number of anilines is 1. The van der Waals surface area contributed by atoms with E-state index in [1.165, 1.54) is 24.3 Å². The van der Waals surface area contributed by atoms with E-state index in [9.17, 15) is 13.9 Å². The van der Waals surface area contributed by atoms with Gasteiger partial charge in [0.05, 0.1) is 22.5 Å². The van der Waals surface area contributed by atoms with Crippen LogP contribution in [-0.4, -0.2) is 70.6 Å². The van der Waals surface area contributed by atoms with Crippen molar-refractivity contribution in [1.82, 2.24) is 14.9 Å². The summed E-state index contributed by atoms with van der Waals surface area (Å²) >= 11 is 0. The summed E-state index contributed by atoms with van der Waals surface area (Å²) in [6.07, 6.45) is 8.50. The predicted molar refractivity (Wildman–Crippen MR) is 156 cm³/mol. The molecule has 3 aromatic carbocycles. The number of rotatable bonds is 4. The zero-order chi connectivity index (χ0) is 29.6. The number of likely N-dealkylation sites (N-methyl/N-ethyl adjacent to an activating group) is 1. The van der Waals surface area contributed by atoms with Crippen LogP contribution in [0.15, 0.2) is 30.3 Å². The number of phenolic OH excluding ortho intramolecular Hbond substituents is 1. The van der Waals surface area contributed by atoms with Crippen molar-refractivity contribution in [2.75, 3.05) is 31.6 Å². The monoisotopic (exact) mass is 586 g/mol. The standard InChI is InChI=1S/C33H29F3N4O3/c1-3-20-23(35)6-5-17-11-19(41)12-21(27(17)20)22-13-26-28-30(29(22)36)37-32(38-31(28)39(2)24-7-8-25(24)43-26)42-16-33-9-4-10-40(33)15-18(34)14-33/h1,5-6,11-13,18,24-25,41H,4,7-10,14-16H2,2H3/t18-,24-,25-,33+/m1/s1. The summed E-state index contributed by atoms with van der Waals surface area (Å²) in [5.74, 6) is 1.81. The van der Waals surface area contributed by atoms with Crippen molar-refractivity contribution in [3.05, 3.63) is 47.5 Å². The van der Waals surface area contributed by atoms with Crippen LogP contribution in [0, 0.1) is 24.0 Å². The van der Waals surface area contributed by atoms with Crippen molar-refractivity contribution >= 4 is 27.5 Å². The fourth-order valence-corrected chi connectivity index (χ4v) is 7.60. The zero-order valence-electron chi connectivity index (χ0n) is 23.5. The average Bonchev–Trinajstić information content (AvgIpc) is 3.48. The molecule has 3 aliphatic heterocycles. The van der Waals surface area contributed by atoms with Crippen LogP contribution < -0.4 is 14.4 Å². The van der Waals surface area contributed by atoms with Crippen LogP contribution in [0.4, 0.5) is 19.0 Å². The Balaban J connectivity index is 1.33. The van der Waals surface area contributed by atoms with Crippen LogP contribution >= 0.6 is 0 Å². The first-order valence-electron chi connectivity index (χ1n) is 14.6. The number of aromatic nitrogens is 2. The minimum Gasteiger partial charge on any atom is -0.508 e. The number of phenols is 1. The van der Waals surface area contributed by atoms with Gasteiger partial charge in [-0.15, -0.1) is 6.42 Å². The van der Waals surface area contributed by atoms with Crippen molar-refractivity contribution in [2.24, 2.45) is 0 Å². The minimum atomic E-state index is -0.915. The van der Waals surface area contributed by atoms with Gasteiger partial charge in [-0.3, -0.25) is 4.90 Å². The van der Waals surface area contributed by atoms with Crippen LogP contribution in [0.3, 0.4) is 0 Å². The Morgan fingerprint density at radius 1 is 1.16 bits per heavy atom. The highest BCUT2D eigenvalue weighted by molar-refractivity contribution is 6.05. The van der Waals surface area contributed by atoms with E-state index in [-0.39, 0.29) is 52.7 Å². The largest absolute Gasteiger partial charge is 0.508 e. The van der Waals surface area contributed by atoms with Crippen LogP contribution in [0.2, 0.25) is 0 Å². The molecule has 7 nitrogen and oxygen atoms in total. The summed E-state index contributed by atoms with van der Waals surface area (Å²) in [6.45, 7) is 1.40. The Morgan fingerprint density at radius 2 is 2.02 bits per heavy atom. The third-order valence-corrected chi connectivity index (χ3v) is 9.84. The molecule has 3 fully saturated rings. The van der Waals surface area contributed by atoms with Crippen molar-refractivity contribution in [3.8, 4) is 41.0 Å². The first-order chi connectivity index (χ1) is 20.8. The number of hydrogen-bond acceptors (Lipinski definition) is 7. The SMILES string of the molecule is C#Cc1c(F)ccc2cc(O)cc(-c3cc4c5c(nc(OC[C@@]67CCCN6C[C@H](F)C7)nc5c3F)N(C)[C@@H]3CC[C@H]3O4)c12. The first kappa shape index (κ1) is 26.4. The van der Waals surface area contributed by atoms with Crippen molar-refractivity contribution in [1.29, 1.82) is 0 Å². The minimum absolute atomic E-state index is 0.00576. The smallest absolute Gasteiger partial charge is 0.319 e. The molecule has 2 saturated heterocycles. The third-order valence-electron chi connectivity index (χ3n) is 9.84. The summed E-state index contributed by atoms with van der Waals surface area (Å²) in [4.78, 5) is 13.4. The molecule has 220 valence electrons. The zero-order valence-corrected chi connectivity index (χ0v) is 23.5. The molecule has 0 bridgehead atoms. The number of terminal acetylenes is 1. The maximum Gasteiger partial charge on any atom is 0.319 e. The van der Waals surface area contributed by atoms with Gasteiger partial charge in [-0.05, 0) is 67.4 Å². The Morgan fingerprint density at radius 3 is 2.81 bits per heavy atom. The van der Waals surface area contributed by atoms with Crippen molar-refractivity contribution in [2.45, 2.75) is 56.0 Å². The molecule has 0 amide bonds. The van der Waals surface area contributed by atoms with Crippen LogP contribution in [0.5, 0.6) is 17.5 Å². The molecule has 1 saturated carbocycles. The third kappa shape index (κ3) is 3.87. The number of fused-ring (bicyclic) bond motifs is 3. The molecule has 1 aromatic heterocycles. The molecule has 4 heterocycles. The first-order valence-corrected chi connectivity index (χ1v) is 14.6. The lowest BCUT2D eigenvalue weighted by atomic mass is 9.88. The van der Waals surface area contributed by atoms with Gasteiger partial charge in [0, 0.05) is 31.0 Å². The average molecular weight is 587 g/mol. The predicted octanol–water partition coefficient (Wildman–Crippen LogP) is 5.73. The van der Waals surface area contributed by atoms with E-state index in [2.05, 4.69) is 15.8 Å². The Hall–Kier alpha value is -4.23. The highest BCUT2D eigenvalue weighted by Gasteiger charge is 2.49. The van der Waals surface area contributed by atoms with E-state index in [0.717, 1.165) is 32.2 Å². The van der Waals surface area contributed by atoms with E-state index in [1.54, 1.807) is 6.07 Å². The summed E-state index contributed by atoms with van der Waals surface area (Å²) in [5.41, 5.74) is -0.216. The lowest BCUT2D eigenvalue weighted by Gasteiger charge is -2.40. The van der Waals surface area contributed by atoms with E-state index >= 15 is 4.39 Å². The molecule has 0 radical (unpaired) electrons. The highest BCUT2D eigenvalue weighted by Crippen LogP contribution is 2.48. The van der Waals surface area contributed by atoms with Crippen LogP contribution in [0.25, 0.3) is 32.8 Å². The van der Waals surface area contributed by atoms with Gasteiger partial charge in [0.25, 0.3) is 0 Å². The van der Waals surface area contributed by atoms with Gasteiger partial charge >= 0.3 is 6.01 Å². The molecule has 1 aliphatic carbocycles. The Bertz CT molecular complexity index is 1880. The van der Waals surface area contributed by atoms with Crippen LogP contribution in [-0.2, 0) is 0 Å². The van der Waals surface area contributed by atoms with Gasteiger partial charge in [-0.25, -0.2) is 13.2 Å². The lowest BCUT2D eigenvalue weighted by molar-refractivity contribution is 0.0947. The number of aromatic hydroxyl groups is 1. The van der Waals surface area contributed by atoms with E-state index in [1.807, 2.05) is 11.9 Å². The number of hydrogen-bond donors (Lipinski definition) is 1. The molecule has 4 atom stereocenters. The molecule has 0 unspecified atom stereocenters. The van der Waals surface area contributed by atoms with Gasteiger partial charge in [0.1, 0.15) is 47.5 Å². The maximum absolute atomic E-state index is 16.8. The Labute approximate surface area is 246 Å². The lowest BCUT2D eigenvalue weighted by Crippen LogP contribution is -2.51. The second kappa shape index (κ2) is 9.38. The maximum atomic E-state index is 16.8. The summed E-state index contributed by atoms with van der Waals surface area (Å²) in [7, 11) is 1.90. The number of nitrogens with zero attached hydrogens (tertiary/aromatic N) is 4. The highest BCUT2D eigenvalue weighted by atomic mass is 19.1. The molecule has 8 rings (SSSR count). The molecule has 1 N–H and O–H groups in total. The molecule has 43 heavy (non-hydrogen) atoms. The summed E-state index contributed by atoms with van der Waals surface area (Å²) in [5, 5.41) is 11.8. The molecule has 4 aliphatic rings. The number of alkyl halides is 1. The van der Waals surface area contributed by atoms with Gasteiger partial charge in [0.15, 0.2) is 5.82 Å². The van der Waals surface area contributed by atoms with Crippen molar-refractivity contribution in [3.63, 3.8) is 0 Å². The molecule has 0 spiro atoms. The van der Waals surface area contributed by atoms with E-state index in [4.69, 9.17) is 20.9 Å². The van der Waals surface area contributed by atoms with E-state index < -0.39 is 23.3 Å². The number of halogens is 3. The molecule has 4 aromatic rings. The van der Waals surface area contributed by atoms with Gasteiger partial charge in [-0.2, -0.15) is 9.97 Å². The number of ether oxygens (including phenoxy) is 2. The fourth-order valence-electron chi connectivity index (χ4n) is 7.60. The van der Waals surface area contributed by atoms with Gasteiger partial charge in [-0.1, -0.05) is 12.0 Å². The molecular weight excluding hydrogens is 557 g/mol. The van der Waals surface area contributed by atoms with Gasteiger partial charge < -0.3 is 19.5 Å². The molecular formula is C33H29F3N4O3. The second-order valence-corrected chi connectivity index (χ2v) is 12.2. The summed E-state index contributed by atoms with van der Waals surface area (Å²) in [6, 6.07) is 7.14. The summed E-state index contributed by atoms with van der Waals surface area (Å²) < 4.78 is 58.7. The second-order valence-electron chi connectivity index (χ2n) is 12.2. The molecule has 10 heteroatoms. The van der Waals surface area contributed by atoms with Crippen molar-refractivity contribution < 1.29 is 27.8 Å².